The van der Waals surface area contributed by atoms with Crippen molar-refractivity contribution in [1.82, 2.24) is 15.3 Å². The molecule has 0 unspecified atom stereocenters. The van der Waals surface area contributed by atoms with Crippen LogP contribution in [0.5, 0.6) is 0 Å². The van der Waals surface area contributed by atoms with Gasteiger partial charge in [0, 0.05) is 52.7 Å². The summed E-state index contributed by atoms with van der Waals surface area (Å²) < 4.78 is 19.7. The van der Waals surface area contributed by atoms with Crippen LogP contribution in [0.4, 0.5) is 4.39 Å². The molecule has 0 saturated heterocycles. The van der Waals surface area contributed by atoms with Crippen molar-refractivity contribution in [3.05, 3.63) is 119 Å². The maximum absolute atomic E-state index is 13.7. The Bertz CT molecular complexity index is 2060. The van der Waals surface area contributed by atoms with E-state index in [1.165, 1.54) is 12.1 Å². The van der Waals surface area contributed by atoms with Gasteiger partial charge in [-0.1, -0.05) is 24.3 Å². The fourth-order valence-electron chi connectivity index (χ4n) is 5.87. The van der Waals surface area contributed by atoms with E-state index in [9.17, 15) is 14.0 Å². The molecule has 1 amide bonds. The van der Waals surface area contributed by atoms with Crippen LogP contribution >= 0.6 is 0 Å². The molecular weight excluding hydrogens is 541 g/mol. The normalized spacial score (nSPS) is 13.7. The van der Waals surface area contributed by atoms with Crippen LogP contribution in [0.3, 0.4) is 0 Å². The molecule has 3 aromatic carbocycles. The van der Waals surface area contributed by atoms with Crippen molar-refractivity contribution in [2.45, 2.75) is 31.6 Å². The molecule has 1 N–H and O–H groups in total. The van der Waals surface area contributed by atoms with Crippen LogP contribution in [0.1, 0.15) is 51.2 Å². The number of hydrogen-bond donors (Lipinski definition) is 1. The summed E-state index contributed by atoms with van der Waals surface area (Å²) in [5, 5.41) is 4.37. The van der Waals surface area contributed by atoms with Gasteiger partial charge in [0.1, 0.15) is 17.2 Å². The van der Waals surface area contributed by atoms with E-state index in [1.54, 1.807) is 31.6 Å². The van der Waals surface area contributed by atoms with Gasteiger partial charge in [-0.2, -0.15) is 0 Å². The van der Waals surface area contributed by atoms with Crippen LogP contribution in [0.25, 0.3) is 44.3 Å². The van der Waals surface area contributed by atoms with E-state index in [0.29, 0.717) is 39.8 Å². The summed E-state index contributed by atoms with van der Waals surface area (Å²) in [6.07, 6.45) is 5.75. The van der Waals surface area contributed by atoms with Crippen LogP contribution in [-0.2, 0) is 5.41 Å². The standard InChI is InChI=1S/C36H28FN3O3/c1-21-3-4-25(30(41)19-36(14-15-36)32-12-8-22-13-16-39-20-29(22)40-32)18-27(21)24-7-11-31-28(17-24)33(35(42)38-2)34(43-31)23-5-9-26(37)10-6-23/h3-13,16-18,20H,14-15,19H2,1-2H3,(H,38,42). The first-order valence-electron chi connectivity index (χ1n) is 14.3. The van der Waals surface area contributed by atoms with E-state index in [-0.39, 0.29) is 22.9 Å². The first kappa shape index (κ1) is 26.7. The zero-order valence-electron chi connectivity index (χ0n) is 23.8. The Morgan fingerprint density at radius 3 is 2.51 bits per heavy atom. The minimum Gasteiger partial charge on any atom is -0.455 e. The SMILES string of the molecule is CNC(=O)c1c(-c2ccc(F)cc2)oc2ccc(-c3cc(C(=O)CC4(c5ccc6ccncc6n5)CC4)ccc3C)cc12. The lowest BCUT2D eigenvalue weighted by molar-refractivity contribution is 0.0958. The van der Waals surface area contributed by atoms with Crippen LogP contribution in [0, 0.1) is 12.7 Å². The molecule has 6 nitrogen and oxygen atoms in total. The van der Waals surface area contributed by atoms with Crippen LogP contribution in [0.15, 0.2) is 95.7 Å². The number of carbonyl (C=O) groups is 2. The van der Waals surface area contributed by atoms with E-state index in [4.69, 9.17) is 9.40 Å². The van der Waals surface area contributed by atoms with E-state index in [0.717, 1.165) is 46.1 Å². The molecule has 0 bridgehead atoms. The molecule has 6 aromatic rings. The lowest BCUT2D eigenvalue weighted by Gasteiger charge is -2.15. The molecule has 0 spiro atoms. The number of halogens is 1. The summed E-state index contributed by atoms with van der Waals surface area (Å²) in [5.41, 5.74) is 6.46. The van der Waals surface area contributed by atoms with Gasteiger partial charge in [0.15, 0.2) is 5.78 Å². The van der Waals surface area contributed by atoms with Crippen LogP contribution in [0.2, 0.25) is 0 Å². The smallest absolute Gasteiger partial charge is 0.255 e. The number of aromatic nitrogens is 2. The van der Waals surface area contributed by atoms with E-state index in [1.807, 2.05) is 55.5 Å². The maximum Gasteiger partial charge on any atom is 0.255 e. The Hall–Kier alpha value is -5.17. The van der Waals surface area contributed by atoms with Crippen molar-refractivity contribution in [2.24, 2.45) is 0 Å². The van der Waals surface area contributed by atoms with Crippen molar-refractivity contribution >= 4 is 33.6 Å². The third-order valence-corrected chi connectivity index (χ3v) is 8.51. The topological polar surface area (TPSA) is 85.1 Å². The molecule has 1 aliphatic carbocycles. The number of hydrogen-bond acceptors (Lipinski definition) is 5. The molecule has 212 valence electrons. The molecule has 7 heteroatoms. The Kier molecular flexibility index (Phi) is 6.38. The van der Waals surface area contributed by atoms with E-state index in [2.05, 4.69) is 16.4 Å². The van der Waals surface area contributed by atoms with Gasteiger partial charge in [-0.05, 0) is 91.1 Å². The second kappa shape index (κ2) is 10.3. The molecular formula is C36H28FN3O3. The summed E-state index contributed by atoms with van der Waals surface area (Å²) in [4.78, 5) is 35.8. The predicted molar refractivity (Wildman–Crippen MR) is 165 cm³/mol. The van der Waals surface area contributed by atoms with Crippen LogP contribution < -0.4 is 5.32 Å². The highest BCUT2D eigenvalue weighted by molar-refractivity contribution is 6.12. The molecule has 0 aliphatic heterocycles. The zero-order chi connectivity index (χ0) is 29.7. The minimum absolute atomic E-state index is 0.0702. The molecule has 43 heavy (non-hydrogen) atoms. The summed E-state index contributed by atoms with van der Waals surface area (Å²) in [6, 6.07) is 23.4. The van der Waals surface area contributed by atoms with Gasteiger partial charge in [-0.15, -0.1) is 0 Å². The molecule has 0 radical (unpaired) electrons. The first-order chi connectivity index (χ1) is 20.8. The summed E-state index contributed by atoms with van der Waals surface area (Å²) in [5.74, 6) is -0.225. The van der Waals surface area contributed by atoms with Crippen molar-refractivity contribution in [1.29, 1.82) is 0 Å². The number of aryl methyl sites for hydroxylation is 1. The predicted octanol–water partition coefficient (Wildman–Crippen LogP) is 7.82. The number of Topliss-reactive ketones (excluding diaryl/α,β-unsaturated/α-hetero) is 1. The molecule has 3 heterocycles. The number of nitrogens with one attached hydrogen (secondary N) is 1. The molecule has 1 saturated carbocycles. The molecule has 7 rings (SSSR count). The number of rotatable bonds is 7. The highest BCUT2D eigenvalue weighted by atomic mass is 19.1. The van der Waals surface area contributed by atoms with Gasteiger partial charge < -0.3 is 9.73 Å². The fourth-order valence-corrected chi connectivity index (χ4v) is 5.87. The van der Waals surface area contributed by atoms with Crippen molar-refractivity contribution in [2.75, 3.05) is 7.05 Å². The number of amides is 1. The third-order valence-electron chi connectivity index (χ3n) is 8.51. The maximum atomic E-state index is 13.7. The molecule has 3 aromatic heterocycles. The number of pyridine rings is 2. The van der Waals surface area contributed by atoms with Crippen LogP contribution in [-0.4, -0.2) is 28.7 Å². The lowest BCUT2D eigenvalue weighted by Crippen LogP contribution is -2.18. The Balaban J connectivity index is 1.24. The average molecular weight is 570 g/mol. The number of furan rings is 1. The van der Waals surface area contributed by atoms with Gasteiger partial charge in [0.2, 0.25) is 0 Å². The van der Waals surface area contributed by atoms with E-state index >= 15 is 0 Å². The highest BCUT2D eigenvalue weighted by Gasteiger charge is 2.47. The quantitative estimate of drug-likeness (QED) is 0.198. The summed E-state index contributed by atoms with van der Waals surface area (Å²) in [6.45, 7) is 2.00. The van der Waals surface area contributed by atoms with Gasteiger partial charge in [-0.25, -0.2) is 4.39 Å². The average Bonchev–Trinajstić information content (AvgIpc) is 3.72. The molecule has 0 atom stereocenters. The van der Waals surface area contributed by atoms with Gasteiger partial charge >= 0.3 is 0 Å². The Morgan fingerprint density at radius 1 is 0.953 bits per heavy atom. The van der Waals surface area contributed by atoms with Crippen molar-refractivity contribution in [3.8, 4) is 22.5 Å². The van der Waals surface area contributed by atoms with Crippen molar-refractivity contribution < 1.29 is 18.4 Å². The number of nitrogens with zero attached hydrogens (tertiary/aromatic N) is 2. The van der Waals surface area contributed by atoms with Gasteiger partial charge in [0.25, 0.3) is 5.91 Å². The first-order valence-corrected chi connectivity index (χ1v) is 14.3. The second-order valence-corrected chi connectivity index (χ2v) is 11.3. The molecule has 1 fully saturated rings. The number of carbonyl (C=O) groups excluding carboxylic acids is 2. The lowest BCUT2D eigenvalue weighted by atomic mass is 9.89. The third kappa shape index (κ3) is 4.77. The monoisotopic (exact) mass is 569 g/mol. The van der Waals surface area contributed by atoms with Gasteiger partial charge in [-0.3, -0.25) is 19.6 Å². The summed E-state index contributed by atoms with van der Waals surface area (Å²) >= 11 is 0. The summed E-state index contributed by atoms with van der Waals surface area (Å²) in [7, 11) is 1.57. The highest BCUT2D eigenvalue weighted by Crippen LogP contribution is 2.51. The number of ketones is 1. The second-order valence-electron chi connectivity index (χ2n) is 11.3. The number of fused-ring (bicyclic) bond motifs is 2. The van der Waals surface area contributed by atoms with Gasteiger partial charge in [0.05, 0.1) is 17.3 Å². The fraction of sp³-hybridized carbons (Fsp3) is 0.167. The molecule has 1 aliphatic rings. The zero-order valence-corrected chi connectivity index (χ0v) is 23.8. The van der Waals surface area contributed by atoms with E-state index < -0.39 is 0 Å². The minimum atomic E-state index is -0.369. The number of benzene rings is 3. The van der Waals surface area contributed by atoms with Crippen molar-refractivity contribution in [3.63, 3.8) is 0 Å². The largest absolute Gasteiger partial charge is 0.455 e. The Labute approximate surface area is 247 Å². The Morgan fingerprint density at radius 2 is 1.74 bits per heavy atom.